The van der Waals surface area contributed by atoms with Gasteiger partial charge in [0.15, 0.2) is 0 Å². The van der Waals surface area contributed by atoms with Crippen LogP contribution >= 0.6 is 15.9 Å². The van der Waals surface area contributed by atoms with E-state index >= 15 is 0 Å². The zero-order valence-corrected chi connectivity index (χ0v) is 11.5. The van der Waals surface area contributed by atoms with Crippen LogP contribution in [0.4, 0.5) is 0 Å². The second-order valence-corrected chi connectivity index (χ2v) is 4.68. The molecule has 1 rings (SSSR count). The van der Waals surface area contributed by atoms with Crippen LogP contribution in [0.5, 0.6) is 0 Å². The average Bonchev–Trinajstić information content (AvgIpc) is 2.31. The molecular formula is C12H14BrNO4. The number of likely N-dealkylation sites (N-methyl/N-ethyl adjacent to an activating group) is 1. The molecule has 0 spiro atoms. The summed E-state index contributed by atoms with van der Waals surface area (Å²) in [6.07, 6.45) is 0. The van der Waals surface area contributed by atoms with Crippen LogP contribution in [-0.4, -0.2) is 42.1 Å². The van der Waals surface area contributed by atoms with Gasteiger partial charge in [-0.15, -0.1) is 0 Å². The first-order valence-corrected chi connectivity index (χ1v) is 6.06. The number of hydrogen-bond acceptors (Lipinski definition) is 3. The first kappa shape index (κ1) is 14.7. The smallest absolute Gasteiger partial charge is 0.329 e. The quantitative estimate of drug-likeness (QED) is 0.864. The van der Waals surface area contributed by atoms with E-state index in [0.29, 0.717) is 6.54 Å². The van der Waals surface area contributed by atoms with E-state index in [2.05, 4.69) is 15.9 Å². The highest BCUT2D eigenvalue weighted by Crippen LogP contribution is 2.11. The van der Waals surface area contributed by atoms with Crippen LogP contribution in [0, 0.1) is 0 Å². The molecule has 0 bridgehead atoms. The molecule has 0 aromatic heterocycles. The molecule has 0 radical (unpaired) electrons. The molecule has 1 aromatic carbocycles. The highest BCUT2D eigenvalue weighted by Gasteiger charge is 2.10. The third-order valence-corrected chi connectivity index (χ3v) is 2.74. The average molecular weight is 316 g/mol. The number of benzene rings is 1. The molecule has 0 aliphatic rings. The van der Waals surface area contributed by atoms with Crippen molar-refractivity contribution < 1.29 is 19.4 Å². The molecule has 0 fully saturated rings. The van der Waals surface area contributed by atoms with E-state index in [1.807, 2.05) is 24.3 Å². The fourth-order valence-electron chi connectivity index (χ4n) is 1.29. The number of ether oxygens (including phenoxy) is 1. The van der Waals surface area contributed by atoms with Crippen molar-refractivity contribution >= 4 is 27.8 Å². The molecule has 18 heavy (non-hydrogen) atoms. The summed E-state index contributed by atoms with van der Waals surface area (Å²) in [4.78, 5) is 23.3. The molecular weight excluding hydrogens is 302 g/mol. The van der Waals surface area contributed by atoms with Crippen LogP contribution in [0.2, 0.25) is 0 Å². The lowest BCUT2D eigenvalue weighted by molar-refractivity contribution is -0.145. The summed E-state index contributed by atoms with van der Waals surface area (Å²) in [5.41, 5.74) is 0.993. The lowest BCUT2D eigenvalue weighted by atomic mass is 10.2. The van der Waals surface area contributed by atoms with Gasteiger partial charge in [-0.2, -0.15) is 0 Å². The molecule has 0 saturated carbocycles. The molecule has 0 unspecified atom stereocenters. The number of amides is 1. The Labute approximate surface area is 113 Å². The molecule has 1 aromatic rings. The number of hydrogen-bond donors (Lipinski definition) is 1. The number of carboxylic acids is 1. The zero-order valence-electron chi connectivity index (χ0n) is 9.93. The predicted octanol–water partition coefficient (Wildman–Crippen LogP) is 1.51. The summed E-state index contributed by atoms with van der Waals surface area (Å²) in [6, 6.07) is 7.61. The predicted molar refractivity (Wildman–Crippen MR) is 69.1 cm³/mol. The van der Waals surface area contributed by atoms with E-state index in [4.69, 9.17) is 9.84 Å². The molecule has 1 amide bonds. The van der Waals surface area contributed by atoms with Gasteiger partial charge in [0.1, 0.15) is 13.2 Å². The van der Waals surface area contributed by atoms with Gasteiger partial charge in [-0.05, 0) is 17.7 Å². The van der Waals surface area contributed by atoms with Gasteiger partial charge in [0.25, 0.3) is 0 Å². The Kier molecular flexibility index (Phi) is 5.80. The standard InChI is InChI=1S/C12H14BrNO4/c1-14(11(15)7-18-8-12(16)17)6-9-2-4-10(13)5-3-9/h2-5H,6-8H2,1H3,(H,16,17). The molecule has 98 valence electrons. The van der Waals surface area contributed by atoms with Crippen molar-refractivity contribution in [1.82, 2.24) is 4.90 Å². The highest BCUT2D eigenvalue weighted by atomic mass is 79.9. The zero-order chi connectivity index (χ0) is 13.5. The van der Waals surface area contributed by atoms with Crippen LogP contribution in [0.1, 0.15) is 5.56 Å². The summed E-state index contributed by atoms with van der Waals surface area (Å²) in [5.74, 6) is -1.34. The fourth-order valence-corrected chi connectivity index (χ4v) is 1.55. The second-order valence-electron chi connectivity index (χ2n) is 3.76. The van der Waals surface area contributed by atoms with Crippen LogP contribution in [0.3, 0.4) is 0 Å². The Morgan fingerprint density at radius 2 is 1.89 bits per heavy atom. The van der Waals surface area contributed by atoms with Gasteiger partial charge in [0, 0.05) is 18.1 Å². The van der Waals surface area contributed by atoms with E-state index in [0.717, 1.165) is 10.0 Å². The van der Waals surface area contributed by atoms with Gasteiger partial charge in [0.2, 0.25) is 5.91 Å². The first-order chi connectivity index (χ1) is 8.49. The summed E-state index contributed by atoms with van der Waals surface area (Å²) in [5, 5.41) is 8.37. The van der Waals surface area contributed by atoms with Crippen molar-refractivity contribution in [2.24, 2.45) is 0 Å². The second kappa shape index (κ2) is 7.13. The molecule has 1 N–H and O–H groups in total. The van der Waals surface area contributed by atoms with Gasteiger partial charge in [0.05, 0.1) is 0 Å². The molecule has 0 heterocycles. The molecule has 0 aliphatic heterocycles. The fraction of sp³-hybridized carbons (Fsp3) is 0.333. The number of carbonyl (C=O) groups excluding carboxylic acids is 1. The molecule has 0 aliphatic carbocycles. The van der Waals surface area contributed by atoms with Gasteiger partial charge in [-0.3, -0.25) is 4.79 Å². The SMILES string of the molecule is CN(Cc1ccc(Br)cc1)C(=O)COCC(=O)O. The third-order valence-electron chi connectivity index (χ3n) is 2.21. The van der Waals surface area contributed by atoms with E-state index in [9.17, 15) is 9.59 Å². The van der Waals surface area contributed by atoms with E-state index < -0.39 is 12.6 Å². The van der Waals surface area contributed by atoms with Gasteiger partial charge >= 0.3 is 5.97 Å². The lowest BCUT2D eigenvalue weighted by Crippen LogP contribution is -2.30. The van der Waals surface area contributed by atoms with Crippen molar-refractivity contribution in [1.29, 1.82) is 0 Å². The molecule has 6 heteroatoms. The molecule has 0 atom stereocenters. The van der Waals surface area contributed by atoms with Crippen LogP contribution in [0.15, 0.2) is 28.7 Å². The number of halogens is 1. The monoisotopic (exact) mass is 315 g/mol. The van der Waals surface area contributed by atoms with E-state index in [-0.39, 0.29) is 12.5 Å². The van der Waals surface area contributed by atoms with Crippen LogP contribution in [0.25, 0.3) is 0 Å². The summed E-state index contributed by atoms with van der Waals surface area (Å²) < 4.78 is 5.71. The highest BCUT2D eigenvalue weighted by molar-refractivity contribution is 9.10. The van der Waals surface area contributed by atoms with Crippen molar-refractivity contribution in [3.05, 3.63) is 34.3 Å². The van der Waals surface area contributed by atoms with Crippen molar-refractivity contribution in [2.45, 2.75) is 6.54 Å². The Balaban J connectivity index is 2.39. The number of nitrogens with zero attached hydrogens (tertiary/aromatic N) is 1. The summed E-state index contributed by atoms with van der Waals surface area (Å²) in [7, 11) is 1.65. The minimum atomic E-state index is -1.08. The third kappa shape index (κ3) is 5.29. The van der Waals surface area contributed by atoms with Crippen LogP contribution in [-0.2, 0) is 20.9 Å². The minimum Gasteiger partial charge on any atom is -0.480 e. The maximum Gasteiger partial charge on any atom is 0.329 e. The Bertz CT molecular complexity index is 419. The van der Waals surface area contributed by atoms with Crippen molar-refractivity contribution in [3.8, 4) is 0 Å². The van der Waals surface area contributed by atoms with Gasteiger partial charge in [-0.25, -0.2) is 4.79 Å². The van der Waals surface area contributed by atoms with Crippen LogP contribution < -0.4 is 0 Å². The maximum absolute atomic E-state index is 11.6. The Morgan fingerprint density at radius 1 is 1.28 bits per heavy atom. The number of aliphatic carboxylic acids is 1. The topological polar surface area (TPSA) is 66.8 Å². The van der Waals surface area contributed by atoms with Gasteiger partial charge < -0.3 is 14.7 Å². The summed E-state index contributed by atoms with van der Waals surface area (Å²) >= 11 is 3.33. The maximum atomic E-state index is 11.6. The normalized spacial score (nSPS) is 10.1. The van der Waals surface area contributed by atoms with Gasteiger partial charge in [-0.1, -0.05) is 28.1 Å². The van der Waals surface area contributed by atoms with Crippen molar-refractivity contribution in [2.75, 3.05) is 20.3 Å². The van der Waals surface area contributed by atoms with E-state index in [1.54, 1.807) is 7.05 Å². The number of carbonyl (C=O) groups is 2. The molecule has 5 nitrogen and oxygen atoms in total. The molecule has 0 saturated heterocycles. The van der Waals surface area contributed by atoms with Crippen molar-refractivity contribution in [3.63, 3.8) is 0 Å². The Morgan fingerprint density at radius 3 is 2.44 bits per heavy atom. The summed E-state index contributed by atoms with van der Waals surface area (Å²) in [6.45, 7) is -0.222. The lowest BCUT2D eigenvalue weighted by Gasteiger charge is -2.17. The Hall–Kier alpha value is -1.40. The van der Waals surface area contributed by atoms with E-state index in [1.165, 1.54) is 4.90 Å². The number of carboxylic acid groups (broad SMARTS) is 1. The first-order valence-electron chi connectivity index (χ1n) is 5.27. The number of rotatable bonds is 6. The minimum absolute atomic E-state index is 0.223. The largest absolute Gasteiger partial charge is 0.480 e.